The quantitative estimate of drug-likeness (QED) is 0.652. The number of aromatic nitrogens is 2. The summed E-state index contributed by atoms with van der Waals surface area (Å²) in [5.41, 5.74) is 4.45. The summed E-state index contributed by atoms with van der Waals surface area (Å²) in [5, 5.41) is 3.38. The SMILES string of the molecule is Cc1cc(N2CCN(C/C=C/c3ccccc3)CC2)nc(Nc2ccccc2C)n1. The first-order chi connectivity index (χ1) is 14.7. The lowest BCUT2D eigenvalue weighted by Gasteiger charge is -2.35. The number of hydrogen-bond donors (Lipinski definition) is 1. The predicted molar refractivity (Wildman–Crippen MR) is 125 cm³/mol. The predicted octanol–water partition coefficient (Wildman–Crippen LogP) is 4.67. The molecule has 2 aromatic carbocycles. The highest BCUT2D eigenvalue weighted by Gasteiger charge is 2.18. The van der Waals surface area contributed by atoms with Gasteiger partial charge in [0.05, 0.1) is 0 Å². The average molecular weight is 400 g/mol. The number of aryl methyl sites for hydroxylation is 2. The zero-order chi connectivity index (χ0) is 20.8. The Morgan fingerprint density at radius 2 is 1.63 bits per heavy atom. The molecular formula is C25H29N5. The molecule has 5 nitrogen and oxygen atoms in total. The van der Waals surface area contributed by atoms with Gasteiger partial charge in [-0.05, 0) is 31.0 Å². The summed E-state index contributed by atoms with van der Waals surface area (Å²) < 4.78 is 0. The Morgan fingerprint density at radius 3 is 2.40 bits per heavy atom. The Morgan fingerprint density at radius 1 is 0.900 bits per heavy atom. The maximum atomic E-state index is 4.79. The lowest BCUT2D eigenvalue weighted by Crippen LogP contribution is -2.46. The third-order valence-corrected chi connectivity index (χ3v) is 5.40. The number of benzene rings is 2. The average Bonchev–Trinajstić information content (AvgIpc) is 2.76. The second-order valence-corrected chi connectivity index (χ2v) is 7.73. The zero-order valence-corrected chi connectivity index (χ0v) is 17.8. The number of rotatable bonds is 6. The van der Waals surface area contributed by atoms with Crippen molar-refractivity contribution in [2.24, 2.45) is 0 Å². The van der Waals surface area contributed by atoms with E-state index in [1.165, 1.54) is 11.1 Å². The molecule has 0 saturated carbocycles. The van der Waals surface area contributed by atoms with E-state index in [1.807, 2.05) is 25.1 Å². The van der Waals surface area contributed by atoms with Gasteiger partial charge in [-0.2, -0.15) is 4.98 Å². The van der Waals surface area contributed by atoms with Crippen LogP contribution in [0.15, 0.2) is 66.7 Å². The molecule has 0 radical (unpaired) electrons. The molecule has 1 aromatic heterocycles. The second-order valence-electron chi connectivity index (χ2n) is 7.73. The fraction of sp³-hybridized carbons (Fsp3) is 0.280. The second kappa shape index (κ2) is 9.55. The summed E-state index contributed by atoms with van der Waals surface area (Å²) in [5.74, 6) is 1.66. The molecule has 1 aliphatic rings. The van der Waals surface area contributed by atoms with Gasteiger partial charge < -0.3 is 10.2 Å². The van der Waals surface area contributed by atoms with Crippen LogP contribution in [0.1, 0.15) is 16.8 Å². The number of piperazine rings is 1. The number of nitrogens with zero attached hydrogens (tertiary/aromatic N) is 4. The molecule has 5 heteroatoms. The van der Waals surface area contributed by atoms with E-state index >= 15 is 0 Å². The van der Waals surface area contributed by atoms with Gasteiger partial charge in [-0.3, -0.25) is 4.90 Å². The van der Waals surface area contributed by atoms with Gasteiger partial charge in [0.1, 0.15) is 5.82 Å². The summed E-state index contributed by atoms with van der Waals surface area (Å²) in [6.45, 7) is 9.10. The van der Waals surface area contributed by atoms with Crippen molar-refractivity contribution in [3.8, 4) is 0 Å². The molecule has 1 fully saturated rings. The minimum absolute atomic E-state index is 0.660. The van der Waals surface area contributed by atoms with Gasteiger partial charge >= 0.3 is 0 Å². The van der Waals surface area contributed by atoms with Crippen LogP contribution in [-0.4, -0.2) is 47.6 Å². The molecule has 30 heavy (non-hydrogen) atoms. The normalized spacial score (nSPS) is 14.9. The van der Waals surface area contributed by atoms with Crippen LogP contribution in [0.2, 0.25) is 0 Å². The van der Waals surface area contributed by atoms with Crippen LogP contribution in [0.25, 0.3) is 6.08 Å². The van der Waals surface area contributed by atoms with E-state index in [0.717, 1.165) is 49.9 Å². The van der Waals surface area contributed by atoms with Crippen molar-refractivity contribution in [2.45, 2.75) is 13.8 Å². The first-order valence-electron chi connectivity index (χ1n) is 10.5. The Balaban J connectivity index is 1.36. The number of hydrogen-bond acceptors (Lipinski definition) is 5. The lowest BCUT2D eigenvalue weighted by atomic mass is 10.2. The van der Waals surface area contributed by atoms with Crippen molar-refractivity contribution in [2.75, 3.05) is 42.9 Å². The molecule has 1 aliphatic heterocycles. The molecule has 0 aliphatic carbocycles. The van der Waals surface area contributed by atoms with Gasteiger partial charge in [0.2, 0.25) is 5.95 Å². The lowest BCUT2D eigenvalue weighted by molar-refractivity contribution is 0.283. The number of para-hydroxylation sites is 1. The molecule has 4 rings (SSSR count). The number of anilines is 3. The third-order valence-electron chi connectivity index (χ3n) is 5.40. The molecule has 2 heterocycles. The Kier molecular flexibility index (Phi) is 6.40. The monoisotopic (exact) mass is 399 g/mol. The van der Waals surface area contributed by atoms with Crippen LogP contribution in [0.3, 0.4) is 0 Å². The van der Waals surface area contributed by atoms with Crippen molar-refractivity contribution < 1.29 is 0 Å². The Hall–Kier alpha value is -3.18. The molecule has 0 atom stereocenters. The van der Waals surface area contributed by atoms with Crippen LogP contribution in [-0.2, 0) is 0 Å². The smallest absolute Gasteiger partial charge is 0.229 e. The van der Waals surface area contributed by atoms with Crippen molar-refractivity contribution in [3.63, 3.8) is 0 Å². The highest BCUT2D eigenvalue weighted by atomic mass is 15.3. The molecule has 1 saturated heterocycles. The van der Waals surface area contributed by atoms with Crippen molar-refractivity contribution >= 4 is 23.5 Å². The van der Waals surface area contributed by atoms with E-state index < -0.39 is 0 Å². The van der Waals surface area contributed by atoms with E-state index in [-0.39, 0.29) is 0 Å². The molecular weight excluding hydrogens is 370 g/mol. The van der Waals surface area contributed by atoms with E-state index in [1.54, 1.807) is 0 Å². The van der Waals surface area contributed by atoms with Crippen molar-refractivity contribution in [1.29, 1.82) is 0 Å². The molecule has 0 unspecified atom stereocenters. The molecule has 1 N–H and O–H groups in total. The third kappa shape index (κ3) is 5.24. The van der Waals surface area contributed by atoms with Gasteiger partial charge in [-0.15, -0.1) is 0 Å². The van der Waals surface area contributed by atoms with Gasteiger partial charge in [0.25, 0.3) is 0 Å². The van der Waals surface area contributed by atoms with E-state index in [0.29, 0.717) is 5.95 Å². The van der Waals surface area contributed by atoms with Crippen LogP contribution in [0.4, 0.5) is 17.5 Å². The van der Waals surface area contributed by atoms with Crippen LogP contribution >= 0.6 is 0 Å². The topological polar surface area (TPSA) is 44.3 Å². The van der Waals surface area contributed by atoms with E-state index in [9.17, 15) is 0 Å². The molecule has 3 aromatic rings. The first-order valence-corrected chi connectivity index (χ1v) is 10.5. The highest BCUT2D eigenvalue weighted by molar-refractivity contribution is 5.59. The first kappa shape index (κ1) is 20.1. The van der Waals surface area contributed by atoms with Crippen LogP contribution in [0.5, 0.6) is 0 Å². The standard InChI is InChI=1S/C25H29N5/c1-20-9-6-7-13-23(20)27-25-26-21(2)19-24(28-25)30-17-15-29(16-18-30)14-8-12-22-10-4-3-5-11-22/h3-13,19H,14-18H2,1-2H3,(H,26,27,28)/b12-8+. The van der Waals surface area contributed by atoms with E-state index in [4.69, 9.17) is 4.98 Å². The molecule has 0 spiro atoms. The van der Waals surface area contributed by atoms with Gasteiger partial charge in [-0.25, -0.2) is 4.98 Å². The summed E-state index contributed by atoms with van der Waals surface area (Å²) in [6.07, 6.45) is 4.45. The summed E-state index contributed by atoms with van der Waals surface area (Å²) in [6, 6.07) is 20.8. The fourth-order valence-corrected chi connectivity index (χ4v) is 3.66. The number of nitrogens with one attached hydrogen (secondary N) is 1. The molecule has 154 valence electrons. The fourth-order valence-electron chi connectivity index (χ4n) is 3.66. The minimum atomic E-state index is 0.660. The molecule has 0 bridgehead atoms. The van der Waals surface area contributed by atoms with Crippen LogP contribution < -0.4 is 10.2 Å². The van der Waals surface area contributed by atoms with Crippen LogP contribution in [0, 0.1) is 13.8 Å². The Bertz CT molecular complexity index is 991. The molecule has 0 amide bonds. The largest absolute Gasteiger partial charge is 0.354 e. The van der Waals surface area contributed by atoms with Gasteiger partial charge in [-0.1, -0.05) is 60.7 Å². The van der Waals surface area contributed by atoms with Crippen molar-refractivity contribution in [3.05, 3.63) is 83.6 Å². The zero-order valence-electron chi connectivity index (χ0n) is 17.8. The van der Waals surface area contributed by atoms with Crippen molar-refractivity contribution in [1.82, 2.24) is 14.9 Å². The Labute approximate surface area is 179 Å². The summed E-state index contributed by atoms with van der Waals surface area (Å²) in [7, 11) is 0. The maximum absolute atomic E-state index is 4.79. The highest BCUT2D eigenvalue weighted by Crippen LogP contribution is 2.21. The minimum Gasteiger partial charge on any atom is -0.354 e. The van der Waals surface area contributed by atoms with Gasteiger partial charge in [0.15, 0.2) is 0 Å². The maximum Gasteiger partial charge on any atom is 0.229 e. The van der Waals surface area contributed by atoms with Gasteiger partial charge in [0, 0.05) is 50.2 Å². The summed E-state index contributed by atoms with van der Waals surface area (Å²) in [4.78, 5) is 14.2. The van der Waals surface area contributed by atoms with E-state index in [2.05, 4.69) is 81.6 Å². The summed E-state index contributed by atoms with van der Waals surface area (Å²) >= 11 is 0.